The molecular formula is C26H34N6O4. The monoisotopic (exact) mass is 494 g/mol. The van der Waals surface area contributed by atoms with Gasteiger partial charge in [0.15, 0.2) is 0 Å². The Kier molecular flexibility index (Phi) is 6.84. The average molecular weight is 495 g/mol. The third kappa shape index (κ3) is 5.17. The van der Waals surface area contributed by atoms with E-state index in [-0.39, 0.29) is 35.9 Å². The third-order valence-corrected chi connectivity index (χ3v) is 7.40. The standard InChI is InChI=1S/C26H34N6O4/c1-16-14-32(26(35)28-16)15-20-12-18-8-9-19(13-22(18)36-20)29-25(34)23(17-6-4-3-5-7-17)30-24(33)21-10-11-27-31(21)2/h8-11,13,16-17,20,23H,3-7,12,14-15H2,1-2H3,(H,28,35)(H,29,34)(H,30,33)/t16?,20?,23-/m0/s1. The van der Waals surface area contributed by atoms with Crippen molar-refractivity contribution in [3.05, 3.63) is 41.7 Å². The number of carbonyl (C=O) groups excluding carboxylic acids is 3. The Balaban J connectivity index is 1.25. The average Bonchev–Trinajstić information content (AvgIpc) is 3.55. The molecule has 2 aliphatic heterocycles. The van der Waals surface area contributed by atoms with Crippen molar-refractivity contribution in [2.24, 2.45) is 13.0 Å². The molecule has 192 valence electrons. The molecule has 2 aromatic rings. The summed E-state index contributed by atoms with van der Waals surface area (Å²) in [6.45, 7) is 3.18. The smallest absolute Gasteiger partial charge is 0.317 e. The Bertz CT molecular complexity index is 1140. The predicted molar refractivity (Wildman–Crippen MR) is 134 cm³/mol. The maximum atomic E-state index is 13.4. The van der Waals surface area contributed by atoms with Crippen molar-refractivity contribution in [2.75, 3.05) is 18.4 Å². The number of rotatable bonds is 7. The van der Waals surface area contributed by atoms with Gasteiger partial charge >= 0.3 is 6.03 Å². The van der Waals surface area contributed by atoms with Crippen LogP contribution in [-0.2, 0) is 18.3 Å². The van der Waals surface area contributed by atoms with E-state index >= 15 is 0 Å². The molecule has 1 saturated carbocycles. The molecule has 1 saturated heterocycles. The van der Waals surface area contributed by atoms with Crippen molar-refractivity contribution in [3.63, 3.8) is 0 Å². The Morgan fingerprint density at radius 3 is 2.72 bits per heavy atom. The van der Waals surface area contributed by atoms with E-state index in [1.54, 1.807) is 24.2 Å². The van der Waals surface area contributed by atoms with Crippen molar-refractivity contribution >= 4 is 23.5 Å². The van der Waals surface area contributed by atoms with E-state index in [0.717, 1.165) is 43.4 Å². The highest BCUT2D eigenvalue weighted by Gasteiger charge is 2.34. The van der Waals surface area contributed by atoms with Crippen molar-refractivity contribution in [1.29, 1.82) is 0 Å². The molecule has 3 N–H and O–H groups in total. The summed E-state index contributed by atoms with van der Waals surface area (Å²) in [5, 5.41) is 12.9. The molecule has 10 nitrogen and oxygen atoms in total. The van der Waals surface area contributed by atoms with Crippen molar-refractivity contribution in [2.45, 2.75) is 63.6 Å². The zero-order valence-corrected chi connectivity index (χ0v) is 20.8. The molecule has 1 aromatic carbocycles. The molecule has 3 heterocycles. The van der Waals surface area contributed by atoms with E-state index in [4.69, 9.17) is 4.74 Å². The van der Waals surface area contributed by atoms with Crippen LogP contribution in [-0.4, -0.2) is 63.8 Å². The van der Waals surface area contributed by atoms with Crippen LogP contribution in [0.2, 0.25) is 0 Å². The van der Waals surface area contributed by atoms with Crippen LogP contribution >= 0.6 is 0 Å². The van der Waals surface area contributed by atoms with Gasteiger partial charge < -0.3 is 25.6 Å². The molecule has 2 unspecified atom stereocenters. The van der Waals surface area contributed by atoms with Crippen molar-refractivity contribution in [3.8, 4) is 5.75 Å². The molecule has 1 aromatic heterocycles. The van der Waals surface area contributed by atoms with Crippen molar-refractivity contribution < 1.29 is 19.1 Å². The number of hydrogen-bond donors (Lipinski definition) is 3. The van der Waals surface area contributed by atoms with Crippen LogP contribution in [0.4, 0.5) is 10.5 Å². The number of aryl methyl sites for hydroxylation is 1. The zero-order valence-electron chi connectivity index (χ0n) is 20.8. The highest BCUT2D eigenvalue weighted by molar-refractivity contribution is 6.00. The molecule has 4 amide bonds. The highest BCUT2D eigenvalue weighted by Crippen LogP contribution is 2.33. The Labute approximate surface area is 210 Å². The second-order valence-electron chi connectivity index (χ2n) is 10.2. The largest absolute Gasteiger partial charge is 0.488 e. The van der Waals surface area contributed by atoms with Gasteiger partial charge in [-0.25, -0.2) is 4.79 Å². The summed E-state index contributed by atoms with van der Waals surface area (Å²) < 4.78 is 7.63. The maximum absolute atomic E-state index is 13.4. The Hall–Kier alpha value is -3.56. The number of anilines is 1. The van der Waals surface area contributed by atoms with Gasteiger partial charge in [0.1, 0.15) is 23.6 Å². The summed E-state index contributed by atoms with van der Waals surface area (Å²) in [7, 11) is 1.71. The van der Waals surface area contributed by atoms with Crippen LogP contribution in [0.15, 0.2) is 30.5 Å². The van der Waals surface area contributed by atoms with Crippen LogP contribution in [0, 0.1) is 5.92 Å². The van der Waals surface area contributed by atoms with Gasteiger partial charge in [0.2, 0.25) is 5.91 Å². The summed E-state index contributed by atoms with van der Waals surface area (Å²) in [6, 6.07) is 6.75. The fraction of sp³-hybridized carbons (Fsp3) is 0.538. The van der Waals surface area contributed by atoms with Gasteiger partial charge in [-0.3, -0.25) is 14.3 Å². The molecular weight excluding hydrogens is 460 g/mol. The van der Waals surface area contributed by atoms with E-state index in [0.29, 0.717) is 30.9 Å². The fourth-order valence-corrected chi connectivity index (χ4v) is 5.54. The number of nitrogens with one attached hydrogen (secondary N) is 3. The van der Waals surface area contributed by atoms with Crippen molar-refractivity contribution in [1.82, 2.24) is 25.3 Å². The molecule has 2 fully saturated rings. The third-order valence-electron chi connectivity index (χ3n) is 7.40. The van der Waals surface area contributed by atoms with E-state index in [1.807, 2.05) is 25.1 Å². The molecule has 3 atom stereocenters. The Morgan fingerprint density at radius 2 is 2.03 bits per heavy atom. The second-order valence-corrected chi connectivity index (χ2v) is 10.2. The van der Waals surface area contributed by atoms with Gasteiger partial charge in [-0.1, -0.05) is 25.3 Å². The van der Waals surface area contributed by atoms with Crippen LogP contribution in [0.5, 0.6) is 5.75 Å². The predicted octanol–water partition coefficient (Wildman–Crippen LogP) is 2.45. The number of benzene rings is 1. The van der Waals surface area contributed by atoms with E-state index in [9.17, 15) is 14.4 Å². The lowest BCUT2D eigenvalue weighted by Gasteiger charge is -2.30. The van der Waals surface area contributed by atoms with Crippen LogP contribution in [0.1, 0.15) is 55.1 Å². The number of ether oxygens (including phenoxy) is 1. The zero-order chi connectivity index (χ0) is 25.2. The molecule has 0 radical (unpaired) electrons. The quantitative estimate of drug-likeness (QED) is 0.547. The topological polar surface area (TPSA) is 118 Å². The molecule has 36 heavy (non-hydrogen) atoms. The number of carbonyl (C=O) groups is 3. The highest BCUT2D eigenvalue weighted by atomic mass is 16.5. The maximum Gasteiger partial charge on any atom is 0.317 e. The van der Waals surface area contributed by atoms with Crippen LogP contribution in [0.3, 0.4) is 0 Å². The molecule has 5 rings (SSSR count). The first-order chi connectivity index (χ1) is 17.4. The van der Waals surface area contributed by atoms with Gasteiger partial charge in [-0.15, -0.1) is 0 Å². The van der Waals surface area contributed by atoms with E-state index in [2.05, 4.69) is 21.0 Å². The number of aromatic nitrogens is 2. The lowest BCUT2D eigenvalue weighted by atomic mass is 9.83. The van der Waals surface area contributed by atoms with Gasteiger partial charge in [0.25, 0.3) is 5.91 Å². The molecule has 0 spiro atoms. The minimum atomic E-state index is -0.634. The van der Waals surface area contributed by atoms with E-state index < -0.39 is 6.04 Å². The lowest BCUT2D eigenvalue weighted by molar-refractivity contribution is -0.119. The van der Waals surface area contributed by atoms with Gasteiger partial charge in [0, 0.05) is 44.0 Å². The van der Waals surface area contributed by atoms with Crippen LogP contribution in [0.25, 0.3) is 0 Å². The Morgan fingerprint density at radius 1 is 1.22 bits per heavy atom. The number of urea groups is 1. The number of fused-ring (bicyclic) bond motifs is 1. The normalized spacial score (nSPS) is 22.5. The molecule has 3 aliphatic rings. The first kappa shape index (κ1) is 24.1. The fourth-order valence-electron chi connectivity index (χ4n) is 5.54. The minimum Gasteiger partial charge on any atom is -0.488 e. The summed E-state index contributed by atoms with van der Waals surface area (Å²) in [5.41, 5.74) is 2.10. The molecule has 1 aliphatic carbocycles. The summed E-state index contributed by atoms with van der Waals surface area (Å²) >= 11 is 0. The summed E-state index contributed by atoms with van der Waals surface area (Å²) in [6.07, 6.45) is 7.24. The summed E-state index contributed by atoms with van der Waals surface area (Å²) in [4.78, 5) is 40.2. The SMILES string of the molecule is CC1CN(CC2Cc3ccc(NC(=O)[C@@H](NC(=O)c4ccnn4C)C4CCCCC4)cc3O2)C(=O)N1. The molecule has 10 heteroatoms. The van der Waals surface area contributed by atoms with Crippen LogP contribution < -0.4 is 20.7 Å². The summed E-state index contributed by atoms with van der Waals surface area (Å²) in [5.74, 6) is 0.273. The first-order valence-corrected chi connectivity index (χ1v) is 12.8. The minimum absolute atomic E-state index is 0.0584. The van der Waals surface area contributed by atoms with Gasteiger partial charge in [0.05, 0.1) is 6.54 Å². The number of nitrogens with zero attached hydrogens (tertiary/aromatic N) is 3. The number of amides is 4. The van der Waals surface area contributed by atoms with Gasteiger partial charge in [-0.2, -0.15) is 5.10 Å². The molecule has 0 bridgehead atoms. The van der Waals surface area contributed by atoms with E-state index in [1.165, 1.54) is 4.68 Å². The lowest BCUT2D eigenvalue weighted by Crippen LogP contribution is -2.49. The first-order valence-electron chi connectivity index (χ1n) is 12.8. The number of hydrogen-bond acceptors (Lipinski definition) is 5. The van der Waals surface area contributed by atoms with Gasteiger partial charge in [-0.05, 0) is 43.4 Å². The second kappa shape index (κ2) is 10.2.